The second-order valence-electron chi connectivity index (χ2n) is 3.04. The summed E-state index contributed by atoms with van der Waals surface area (Å²) in [5.41, 5.74) is 0.855. The standard InChI is InChI=1S/C10H14N2O2S/c1-4-5-14-10(13)11-7(2)9-6-15-8(3)12-9/h4,6-7H,1,5H2,2-3H3,(H,11,13). The summed E-state index contributed by atoms with van der Waals surface area (Å²) in [4.78, 5) is 15.5. The third-order valence-electron chi connectivity index (χ3n) is 1.75. The lowest BCUT2D eigenvalue weighted by Crippen LogP contribution is -2.27. The van der Waals surface area contributed by atoms with Crippen LogP contribution in [0, 0.1) is 6.92 Å². The molecule has 1 unspecified atom stereocenters. The van der Waals surface area contributed by atoms with Gasteiger partial charge < -0.3 is 10.1 Å². The average Bonchev–Trinajstić information content (AvgIpc) is 2.61. The van der Waals surface area contributed by atoms with E-state index in [9.17, 15) is 4.79 Å². The van der Waals surface area contributed by atoms with Crippen molar-refractivity contribution in [1.82, 2.24) is 10.3 Å². The van der Waals surface area contributed by atoms with Gasteiger partial charge in [-0.3, -0.25) is 0 Å². The van der Waals surface area contributed by atoms with E-state index in [0.717, 1.165) is 10.7 Å². The maximum Gasteiger partial charge on any atom is 0.407 e. The van der Waals surface area contributed by atoms with Crippen molar-refractivity contribution in [2.75, 3.05) is 6.61 Å². The van der Waals surface area contributed by atoms with Crippen molar-refractivity contribution in [3.8, 4) is 0 Å². The fourth-order valence-electron chi connectivity index (χ4n) is 1.01. The molecule has 0 aliphatic heterocycles. The molecule has 0 bridgehead atoms. The molecule has 0 spiro atoms. The van der Waals surface area contributed by atoms with Crippen molar-refractivity contribution >= 4 is 17.4 Å². The van der Waals surface area contributed by atoms with Crippen LogP contribution < -0.4 is 5.32 Å². The van der Waals surface area contributed by atoms with Crippen LogP contribution in [0.15, 0.2) is 18.0 Å². The Morgan fingerprint density at radius 2 is 2.60 bits per heavy atom. The molecule has 0 aromatic carbocycles. The molecule has 4 nitrogen and oxygen atoms in total. The minimum absolute atomic E-state index is 0.132. The average molecular weight is 226 g/mol. The van der Waals surface area contributed by atoms with Crippen molar-refractivity contribution < 1.29 is 9.53 Å². The van der Waals surface area contributed by atoms with Crippen LogP contribution in [0.25, 0.3) is 0 Å². The van der Waals surface area contributed by atoms with E-state index in [0.29, 0.717) is 0 Å². The van der Waals surface area contributed by atoms with E-state index >= 15 is 0 Å². The molecule has 0 aliphatic rings. The Balaban J connectivity index is 2.44. The predicted octanol–water partition coefficient (Wildman–Crippen LogP) is 2.42. The van der Waals surface area contributed by atoms with E-state index in [4.69, 9.17) is 4.74 Å². The summed E-state index contributed by atoms with van der Waals surface area (Å²) in [6.45, 7) is 7.47. The number of aromatic nitrogens is 1. The Hall–Kier alpha value is -1.36. The van der Waals surface area contributed by atoms with Gasteiger partial charge in [0.1, 0.15) is 6.61 Å². The number of amides is 1. The Morgan fingerprint density at radius 1 is 1.87 bits per heavy atom. The summed E-state index contributed by atoms with van der Waals surface area (Å²) in [5, 5.41) is 5.59. The summed E-state index contributed by atoms with van der Waals surface area (Å²) in [5.74, 6) is 0. The SMILES string of the molecule is C=CCOC(=O)NC(C)c1csc(C)n1. The minimum atomic E-state index is -0.451. The third-order valence-corrected chi connectivity index (χ3v) is 2.54. The largest absolute Gasteiger partial charge is 0.445 e. The topological polar surface area (TPSA) is 51.2 Å². The molecule has 0 saturated heterocycles. The number of nitrogens with one attached hydrogen (secondary N) is 1. The second kappa shape index (κ2) is 5.50. The van der Waals surface area contributed by atoms with Crippen LogP contribution in [0.5, 0.6) is 0 Å². The number of nitrogens with zero attached hydrogens (tertiary/aromatic N) is 1. The zero-order valence-electron chi connectivity index (χ0n) is 8.82. The summed E-state index contributed by atoms with van der Waals surface area (Å²) < 4.78 is 4.80. The number of aryl methyl sites for hydroxylation is 1. The molecule has 0 radical (unpaired) electrons. The van der Waals surface area contributed by atoms with Gasteiger partial charge in [0, 0.05) is 5.38 Å². The molecular formula is C10H14N2O2S. The normalized spacial score (nSPS) is 11.9. The van der Waals surface area contributed by atoms with Gasteiger partial charge in [0.05, 0.1) is 16.7 Å². The van der Waals surface area contributed by atoms with Crippen molar-refractivity contribution in [1.29, 1.82) is 0 Å². The van der Waals surface area contributed by atoms with Crippen LogP contribution in [-0.2, 0) is 4.74 Å². The highest BCUT2D eigenvalue weighted by Gasteiger charge is 2.12. The van der Waals surface area contributed by atoms with Crippen LogP contribution in [-0.4, -0.2) is 17.7 Å². The van der Waals surface area contributed by atoms with Crippen LogP contribution in [0.1, 0.15) is 23.7 Å². The lowest BCUT2D eigenvalue weighted by molar-refractivity contribution is 0.154. The molecule has 5 heteroatoms. The van der Waals surface area contributed by atoms with E-state index in [1.165, 1.54) is 6.08 Å². The quantitative estimate of drug-likeness (QED) is 0.802. The van der Waals surface area contributed by atoms with Crippen LogP contribution in [0.2, 0.25) is 0 Å². The van der Waals surface area contributed by atoms with E-state index in [2.05, 4.69) is 16.9 Å². The van der Waals surface area contributed by atoms with Crippen molar-refractivity contribution in [3.05, 3.63) is 28.7 Å². The first kappa shape index (κ1) is 11.7. The number of alkyl carbamates (subject to hydrolysis) is 1. The number of rotatable bonds is 4. The Morgan fingerprint density at radius 3 is 3.13 bits per heavy atom. The van der Waals surface area contributed by atoms with Gasteiger partial charge in [0.2, 0.25) is 0 Å². The molecule has 15 heavy (non-hydrogen) atoms. The first-order chi connectivity index (χ1) is 7.13. The maximum atomic E-state index is 11.2. The van der Waals surface area contributed by atoms with Crippen LogP contribution in [0.4, 0.5) is 4.79 Å². The monoisotopic (exact) mass is 226 g/mol. The smallest absolute Gasteiger partial charge is 0.407 e. The van der Waals surface area contributed by atoms with E-state index in [1.807, 2.05) is 19.2 Å². The number of carbonyl (C=O) groups excluding carboxylic acids is 1. The molecule has 82 valence electrons. The number of ether oxygens (including phenoxy) is 1. The minimum Gasteiger partial charge on any atom is -0.445 e. The fourth-order valence-corrected chi connectivity index (χ4v) is 1.71. The van der Waals surface area contributed by atoms with Crippen molar-refractivity contribution in [2.45, 2.75) is 19.9 Å². The Kier molecular flexibility index (Phi) is 4.30. The van der Waals surface area contributed by atoms with Gasteiger partial charge in [-0.2, -0.15) is 0 Å². The lowest BCUT2D eigenvalue weighted by atomic mass is 10.3. The molecule has 1 amide bonds. The zero-order chi connectivity index (χ0) is 11.3. The fraction of sp³-hybridized carbons (Fsp3) is 0.400. The molecular weight excluding hydrogens is 212 g/mol. The van der Waals surface area contributed by atoms with Crippen molar-refractivity contribution in [2.24, 2.45) is 0 Å². The van der Waals surface area contributed by atoms with E-state index in [-0.39, 0.29) is 12.6 Å². The van der Waals surface area contributed by atoms with E-state index in [1.54, 1.807) is 11.3 Å². The first-order valence-corrected chi connectivity index (χ1v) is 5.47. The number of hydrogen-bond acceptors (Lipinski definition) is 4. The predicted molar refractivity (Wildman–Crippen MR) is 59.9 cm³/mol. The van der Waals surface area contributed by atoms with Gasteiger partial charge in [0.15, 0.2) is 0 Å². The van der Waals surface area contributed by atoms with Gasteiger partial charge in [-0.15, -0.1) is 11.3 Å². The van der Waals surface area contributed by atoms with Crippen molar-refractivity contribution in [3.63, 3.8) is 0 Å². The summed E-state index contributed by atoms with van der Waals surface area (Å²) in [7, 11) is 0. The van der Waals surface area contributed by atoms with Gasteiger partial charge in [-0.1, -0.05) is 12.7 Å². The highest BCUT2D eigenvalue weighted by atomic mass is 32.1. The Labute approximate surface area is 93.0 Å². The van der Waals surface area contributed by atoms with Crippen LogP contribution in [0.3, 0.4) is 0 Å². The van der Waals surface area contributed by atoms with Gasteiger partial charge in [-0.25, -0.2) is 9.78 Å². The molecule has 0 fully saturated rings. The second-order valence-corrected chi connectivity index (χ2v) is 4.11. The van der Waals surface area contributed by atoms with Gasteiger partial charge >= 0.3 is 6.09 Å². The molecule has 1 atom stereocenters. The molecule has 0 aliphatic carbocycles. The highest BCUT2D eigenvalue weighted by molar-refractivity contribution is 7.09. The third kappa shape index (κ3) is 3.71. The molecule has 1 rings (SSSR count). The van der Waals surface area contributed by atoms with Gasteiger partial charge in [-0.05, 0) is 13.8 Å². The molecule has 0 saturated carbocycles. The summed E-state index contributed by atoms with van der Waals surface area (Å²) >= 11 is 1.56. The summed E-state index contributed by atoms with van der Waals surface area (Å²) in [6, 6.07) is -0.132. The molecule has 1 heterocycles. The molecule has 1 aromatic rings. The maximum absolute atomic E-state index is 11.2. The number of hydrogen-bond donors (Lipinski definition) is 1. The first-order valence-electron chi connectivity index (χ1n) is 4.59. The lowest BCUT2D eigenvalue weighted by Gasteiger charge is -2.10. The van der Waals surface area contributed by atoms with Gasteiger partial charge in [0.25, 0.3) is 0 Å². The zero-order valence-corrected chi connectivity index (χ0v) is 9.63. The highest BCUT2D eigenvalue weighted by Crippen LogP contribution is 2.15. The van der Waals surface area contributed by atoms with Crippen LogP contribution >= 0.6 is 11.3 Å². The number of carbonyl (C=O) groups is 1. The molecule has 1 N–H and O–H groups in total. The molecule has 1 aromatic heterocycles. The Bertz CT molecular complexity index is 349. The number of thiazole rings is 1. The summed E-state index contributed by atoms with van der Waals surface area (Å²) in [6.07, 6.45) is 1.07. The van der Waals surface area contributed by atoms with E-state index < -0.39 is 6.09 Å².